The molecule has 0 saturated carbocycles. The van der Waals surface area contributed by atoms with E-state index < -0.39 is 0 Å². The number of nitrogens with one attached hydrogen (secondary N) is 1. The van der Waals surface area contributed by atoms with Gasteiger partial charge in [0.1, 0.15) is 0 Å². The Morgan fingerprint density at radius 1 is 1.65 bits per heavy atom. The van der Waals surface area contributed by atoms with Gasteiger partial charge in [0.05, 0.1) is 18.1 Å². The zero-order valence-corrected chi connectivity index (χ0v) is 11.1. The molecule has 1 fully saturated rings. The fourth-order valence-corrected chi connectivity index (χ4v) is 2.30. The molecule has 1 aromatic rings. The summed E-state index contributed by atoms with van der Waals surface area (Å²) < 4.78 is 7.85. The average molecular weight is 237 g/mol. The molecule has 0 spiro atoms. The molecule has 2 atom stereocenters. The Morgan fingerprint density at radius 3 is 3.12 bits per heavy atom. The summed E-state index contributed by atoms with van der Waals surface area (Å²) in [6, 6.07) is 0. The van der Waals surface area contributed by atoms with Crippen LogP contribution in [-0.2, 0) is 17.8 Å². The third-order valence-electron chi connectivity index (χ3n) is 3.82. The fraction of sp³-hybridized carbons (Fsp3) is 0.769. The van der Waals surface area contributed by atoms with Crippen molar-refractivity contribution in [1.29, 1.82) is 0 Å². The highest BCUT2D eigenvalue weighted by atomic mass is 16.5. The van der Waals surface area contributed by atoms with E-state index in [0.717, 1.165) is 32.5 Å². The number of aryl methyl sites for hydroxylation is 1. The Labute approximate surface area is 103 Å². The van der Waals surface area contributed by atoms with Gasteiger partial charge in [0.15, 0.2) is 0 Å². The van der Waals surface area contributed by atoms with E-state index >= 15 is 0 Å². The smallest absolute Gasteiger partial charge is 0.0948 e. The molecule has 4 nitrogen and oxygen atoms in total. The molecule has 1 aliphatic rings. The van der Waals surface area contributed by atoms with Gasteiger partial charge in [-0.1, -0.05) is 6.92 Å². The second-order valence-corrected chi connectivity index (χ2v) is 5.11. The van der Waals surface area contributed by atoms with Crippen molar-refractivity contribution in [2.45, 2.75) is 58.3 Å². The molecule has 2 unspecified atom stereocenters. The van der Waals surface area contributed by atoms with Crippen LogP contribution in [-0.4, -0.2) is 27.8 Å². The summed E-state index contributed by atoms with van der Waals surface area (Å²) in [6.07, 6.45) is 6.37. The highest BCUT2D eigenvalue weighted by molar-refractivity contribution is 5.01. The summed E-state index contributed by atoms with van der Waals surface area (Å²) in [5.41, 5.74) is 1.36. The van der Waals surface area contributed by atoms with E-state index in [1.54, 1.807) is 0 Å². The molecule has 0 aliphatic carbocycles. The van der Waals surface area contributed by atoms with E-state index in [-0.39, 0.29) is 11.6 Å². The largest absolute Gasteiger partial charge is 0.377 e. The minimum absolute atomic E-state index is 0.0985. The number of hydrogen-bond donors (Lipinski definition) is 1. The topological polar surface area (TPSA) is 39.1 Å². The Morgan fingerprint density at radius 2 is 2.47 bits per heavy atom. The number of ether oxygens (including phenoxy) is 1. The lowest BCUT2D eigenvalue weighted by Gasteiger charge is -2.29. The molecule has 1 aliphatic heterocycles. The van der Waals surface area contributed by atoms with Crippen LogP contribution in [0.4, 0.5) is 0 Å². The van der Waals surface area contributed by atoms with E-state index in [0.29, 0.717) is 0 Å². The SMILES string of the molecule is CCCn1cncc1CNC1(C)CCOC1C. The van der Waals surface area contributed by atoms with Crippen LogP contribution in [0.5, 0.6) is 0 Å². The molecule has 17 heavy (non-hydrogen) atoms. The van der Waals surface area contributed by atoms with Gasteiger partial charge in [-0.05, 0) is 26.7 Å². The first-order valence-corrected chi connectivity index (χ1v) is 6.51. The Balaban J connectivity index is 1.95. The van der Waals surface area contributed by atoms with Crippen molar-refractivity contribution in [1.82, 2.24) is 14.9 Å². The summed E-state index contributed by atoms with van der Waals surface area (Å²) in [6.45, 7) is 9.34. The van der Waals surface area contributed by atoms with Crippen molar-refractivity contribution in [2.24, 2.45) is 0 Å². The zero-order valence-electron chi connectivity index (χ0n) is 11.1. The number of rotatable bonds is 5. The molecule has 2 heterocycles. The number of nitrogens with zero attached hydrogens (tertiary/aromatic N) is 2. The van der Waals surface area contributed by atoms with Crippen LogP contribution in [0.15, 0.2) is 12.5 Å². The van der Waals surface area contributed by atoms with Gasteiger partial charge in [0.2, 0.25) is 0 Å². The third-order valence-corrected chi connectivity index (χ3v) is 3.82. The van der Waals surface area contributed by atoms with Crippen molar-refractivity contribution < 1.29 is 4.74 Å². The highest BCUT2D eigenvalue weighted by Crippen LogP contribution is 2.25. The lowest BCUT2D eigenvalue weighted by Crippen LogP contribution is -2.47. The number of aromatic nitrogens is 2. The first kappa shape index (κ1) is 12.6. The van der Waals surface area contributed by atoms with E-state index in [2.05, 4.69) is 35.6 Å². The Kier molecular flexibility index (Phi) is 3.84. The molecule has 0 bridgehead atoms. The first-order valence-electron chi connectivity index (χ1n) is 6.51. The average Bonchev–Trinajstić information content (AvgIpc) is 2.86. The van der Waals surface area contributed by atoms with Gasteiger partial charge in [-0.15, -0.1) is 0 Å². The predicted octanol–water partition coefficient (Wildman–Crippen LogP) is 1.95. The van der Waals surface area contributed by atoms with Crippen LogP contribution in [0.1, 0.15) is 39.3 Å². The molecule has 0 radical (unpaired) electrons. The number of imidazole rings is 1. The maximum atomic E-state index is 5.63. The first-order chi connectivity index (χ1) is 8.15. The Bertz CT molecular complexity index is 363. The van der Waals surface area contributed by atoms with Crippen LogP contribution in [0.3, 0.4) is 0 Å². The van der Waals surface area contributed by atoms with Crippen LogP contribution in [0.25, 0.3) is 0 Å². The van der Waals surface area contributed by atoms with Crippen molar-refractivity contribution in [3.63, 3.8) is 0 Å². The maximum absolute atomic E-state index is 5.63. The molecule has 0 amide bonds. The van der Waals surface area contributed by atoms with Crippen molar-refractivity contribution in [2.75, 3.05) is 6.61 Å². The lowest BCUT2D eigenvalue weighted by atomic mass is 9.94. The van der Waals surface area contributed by atoms with Gasteiger partial charge in [-0.3, -0.25) is 0 Å². The van der Waals surface area contributed by atoms with Crippen molar-refractivity contribution >= 4 is 0 Å². The minimum Gasteiger partial charge on any atom is -0.377 e. The summed E-state index contributed by atoms with van der Waals surface area (Å²) in [7, 11) is 0. The quantitative estimate of drug-likeness (QED) is 0.850. The second-order valence-electron chi connectivity index (χ2n) is 5.11. The second kappa shape index (κ2) is 5.19. The molecule has 96 valence electrons. The van der Waals surface area contributed by atoms with E-state index in [1.807, 2.05) is 12.5 Å². The summed E-state index contributed by atoms with van der Waals surface area (Å²) >= 11 is 0. The van der Waals surface area contributed by atoms with E-state index in [4.69, 9.17) is 4.74 Å². The van der Waals surface area contributed by atoms with Gasteiger partial charge in [-0.25, -0.2) is 4.98 Å². The van der Waals surface area contributed by atoms with Gasteiger partial charge in [0, 0.05) is 31.4 Å². The van der Waals surface area contributed by atoms with Crippen LogP contribution < -0.4 is 5.32 Å². The van der Waals surface area contributed by atoms with Crippen molar-refractivity contribution in [3.8, 4) is 0 Å². The van der Waals surface area contributed by atoms with Crippen LogP contribution >= 0.6 is 0 Å². The van der Waals surface area contributed by atoms with E-state index in [9.17, 15) is 0 Å². The standard InChI is InChI=1S/C13H23N3O/c1-4-6-16-10-14-8-12(16)9-15-13(3)5-7-17-11(13)2/h8,10-11,15H,4-7,9H2,1-3H3. The van der Waals surface area contributed by atoms with Gasteiger partial charge < -0.3 is 14.6 Å². The summed E-state index contributed by atoms with van der Waals surface area (Å²) in [5, 5.41) is 3.62. The molecule has 1 aromatic heterocycles. The van der Waals surface area contributed by atoms with Crippen LogP contribution in [0, 0.1) is 0 Å². The highest BCUT2D eigenvalue weighted by Gasteiger charge is 2.36. The van der Waals surface area contributed by atoms with Crippen LogP contribution in [0.2, 0.25) is 0 Å². The van der Waals surface area contributed by atoms with Crippen molar-refractivity contribution in [3.05, 3.63) is 18.2 Å². The van der Waals surface area contributed by atoms with E-state index in [1.165, 1.54) is 5.69 Å². The third kappa shape index (κ3) is 2.69. The molecule has 2 rings (SSSR count). The molecule has 1 saturated heterocycles. The summed E-state index contributed by atoms with van der Waals surface area (Å²) in [5.74, 6) is 0. The summed E-state index contributed by atoms with van der Waals surface area (Å²) in [4.78, 5) is 4.22. The monoisotopic (exact) mass is 237 g/mol. The van der Waals surface area contributed by atoms with Gasteiger partial charge in [0.25, 0.3) is 0 Å². The maximum Gasteiger partial charge on any atom is 0.0948 e. The lowest BCUT2D eigenvalue weighted by molar-refractivity contribution is 0.0879. The normalized spacial score (nSPS) is 28.8. The molecular formula is C13H23N3O. The molecule has 1 N–H and O–H groups in total. The molecule has 0 aromatic carbocycles. The Hall–Kier alpha value is -0.870. The zero-order chi connectivity index (χ0) is 12.3. The minimum atomic E-state index is 0.0985. The van der Waals surface area contributed by atoms with Gasteiger partial charge in [-0.2, -0.15) is 0 Å². The predicted molar refractivity (Wildman–Crippen MR) is 67.8 cm³/mol. The number of hydrogen-bond acceptors (Lipinski definition) is 3. The molecule has 4 heteroatoms. The molecular weight excluding hydrogens is 214 g/mol. The fourth-order valence-electron chi connectivity index (χ4n) is 2.30. The van der Waals surface area contributed by atoms with Gasteiger partial charge >= 0.3 is 0 Å².